The number of nitrogens with zero attached hydrogens (tertiary/aromatic N) is 7. The van der Waals surface area contributed by atoms with Gasteiger partial charge in [0, 0.05) is 103 Å². The van der Waals surface area contributed by atoms with Gasteiger partial charge in [0.15, 0.2) is 0 Å². The molecule has 6 fully saturated rings. The summed E-state index contributed by atoms with van der Waals surface area (Å²) < 4.78 is 0. The molecule has 8 rings (SSSR count). The van der Waals surface area contributed by atoms with Crippen molar-refractivity contribution in [1.82, 2.24) is 34.5 Å². The number of alkyl halides is 2. The van der Waals surface area contributed by atoms with Crippen molar-refractivity contribution in [3.63, 3.8) is 0 Å². The summed E-state index contributed by atoms with van der Waals surface area (Å²) in [7, 11) is 0. The van der Waals surface area contributed by atoms with Gasteiger partial charge in [-0.1, -0.05) is 58.6 Å². The van der Waals surface area contributed by atoms with Gasteiger partial charge in [-0.3, -0.25) is 38.9 Å². The molecular weight excluding hydrogens is 883 g/mol. The molecule has 2 aromatic rings. The second-order valence-electron chi connectivity index (χ2n) is 18.3. The summed E-state index contributed by atoms with van der Waals surface area (Å²) in [4.78, 5) is 67.4. The van der Waals surface area contributed by atoms with Crippen LogP contribution in [0.3, 0.4) is 0 Å². The Labute approximate surface area is 405 Å². The normalized spacial score (nSPS) is 19.2. The van der Waals surface area contributed by atoms with Crippen molar-refractivity contribution in [3.8, 4) is 0 Å². The van der Waals surface area contributed by atoms with Crippen molar-refractivity contribution in [3.05, 3.63) is 59.2 Å². The van der Waals surface area contributed by atoms with E-state index in [1.54, 1.807) is 18.5 Å². The van der Waals surface area contributed by atoms with Crippen LogP contribution in [-0.2, 0) is 22.6 Å². The quantitative estimate of drug-likeness (QED) is 0.137. The van der Waals surface area contributed by atoms with Crippen LogP contribution in [0.5, 0.6) is 0 Å². The third kappa shape index (κ3) is 20.6. The molecule has 0 radical (unpaired) electrons. The van der Waals surface area contributed by atoms with E-state index >= 15 is 0 Å². The Kier molecular flexibility index (Phi) is 25.9. The molecule has 4 heterocycles. The number of ketones is 1. The third-order valence-electron chi connectivity index (χ3n) is 13.6. The average molecular weight is 963 g/mol. The third-order valence-corrected chi connectivity index (χ3v) is 13.9. The van der Waals surface area contributed by atoms with Gasteiger partial charge in [-0.25, -0.2) is 0 Å². The first-order valence-corrected chi connectivity index (χ1v) is 26.2. The van der Waals surface area contributed by atoms with Gasteiger partial charge in [0.2, 0.25) is 5.24 Å². The van der Waals surface area contributed by atoms with E-state index in [4.69, 9.17) is 40.5 Å². The molecule has 65 heavy (non-hydrogen) atoms. The van der Waals surface area contributed by atoms with Crippen LogP contribution in [-0.4, -0.2) is 148 Å². The molecule has 4 aliphatic carbocycles. The van der Waals surface area contributed by atoms with Crippen LogP contribution in [0.2, 0.25) is 0 Å². The van der Waals surface area contributed by atoms with Gasteiger partial charge >= 0.3 is 0 Å². The van der Waals surface area contributed by atoms with Crippen molar-refractivity contribution in [2.24, 2.45) is 29.4 Å². The number of hydrogen-bond donors (Lipinski definition) is 1. The zero-order valence-corrected chi connectivity index (χ0v) is 42.0. The van der Waals surface area contributed by atoms with Crippen LogP contribution in [0, 0.1) is 23.7 Å². The van der Waals surface area contributed by atoms with Crippen LogP contribution >= 0.6 is 34.8 Å². The molecule has 2 aliphatic heterocycles. The maximum absolute atomic E-state index is 12.7. The summed E-state index contributed by atoms with van der Waals surface area (Å²) in [6, 6.07) is 7.45. The lowest BCUT2D eigenvalue weighted by Crippen LogP contribution is -2.49. The van der Waals surface area contributed by atoms with E-state index in [1.165, 1.54) is 84.1 Å². The molecule has 4 saturated carbocycles. The molecule has 2 amide bonds. The largest absolute Gasteiger partial charge is 0.335 e. The molecule has 12 nitrogen and oxygen atoms in total. The number of hydrogen-bond acceptors (Lipinski definition) is 10. The Balaban J connectivity index is 0.000000211. The highest BCUT2D eigenvalue weighted by molar-refractivity contribution is 6.64. The fourth-order valence-corrected chi connectivity index (χ4v) is 9.05. The number of rotatable bonds is 15. The minimum Gasteiger partial charge on any atom is -0.335 e. The number of aromatic nitrogens is 2. The molecule has 2 N–H and O–H groups in total. The summed E-state index contributed by atoms with van der Waals surface area (Å²) in [5.74, 6) is 2.78. The van der Waals surface area contributed by atoms with Crippen LogP contribution < -0.4 is 5.73 Å². The van der Waals surface area contributed by atoms with Crippen molar-refractivity contribution < 1.29 is 19.2 Å². The fourth-order valence-electron chi connectivity index (χ4n) is 8.84. The standard InChI is InChI=1S/C22H31N3O2.C15H22N4O.C6H9ClO.C6H15N.CH2Cl2/c26-21(19-3-1-2-4-19)10-8-17-7-9-20(23-15-17)22(27)25-13-11-24(12-14-25)16-18-5-6-18;16-9-13-3-4-14(17-10-13)15(20)19-7-5-18(6-8-19)11-12-1-2-12;7-6(8)5-3-1-2-4-5;1-4-7(5-2)6-3;2-1-3/h7,9,15,18-19H,1-6,8,10-14,16H2;3-4,10,12H,1-2,5-9,11,16H2;5H,1-4H2;4-6H2,1-3H3;1H2. The Bertz CT molecular complexity index is 1660. The first-order valence-electron chi connectivity index (χ1n) is 24.7. The summed E-state index contributed by atoms with van der Waals surface area (Å²) in [6.45, 7) is 20.1. The van der Waals surface area contributed by atoms with E-state index in [0.29, 0.717) is 30.1 Å². The minimum absolute atomic E-state index is 0.0367. The van der Waals surface area contributed by atoms with E-state index in [-0.39, 0.29) is 34.2 Å². The van der Waals surface area contributed by atoms with Crippen molar-refractivity contribution in [2.75, 3.05) is 90.4 Å². The molecular formula is C50H79Cl3N8O4. The van der Waals surface area contributed by atoms with Crippen molar-refractivity contribution in [1.29, 1.82) is 0 Å². The SMILES string of the molecule is CCN(CC)CC.ClCCl.NCc1ccc(C(=O)N2CCN(CC3CC3)CC2)nc1.O=C(CCc1ccc(C(=O)N2CCN(CC3CC3)CC2)nc1)C1CCCC1.O=C(Cl)C1CCCC1. The lowest BCUT2D eigenvalue weighted by Gasteiger charge is -2.34. The number of piperazine rings is 2. The average Bonchev–Trinajstić information content (AvgIpc) is 4.20. The van der Waals surface area contributed by atoms with Gasteiger partial charge in [-0.15, -0.1) is 23.2 Å². The lowest BCUT2D eigenvalue weighted by molar-refractivity contribution is -0.122. The summed E-state index contributed by atoms with van der Waals surface area (Å²) in [5.41, 5.74) is 8.59. The Morgan fingerprint density at radius 3 is 1.32 bits per heavy atom. The number of amides is 2. The second-order valence-corrected chi connectivity index (χ2v) is 19.5. The predicted molar refractivity (Wildman–Crippen MR) is 265 cm³/mol. The molecule has 2 aromatic heterocycles. The van der Waals surface area contributed by atoms with Gasteiger partial charge in [-0.2, -0.15) is 0 Å². The predicted octanol–water partition coefficient (Wildman–Crippen LogP) is 8.36. The van der Waals surface area contributed by atoms with E-state index in [1.807, 2.05) is 28.0 Å². The number of aryl methyl sites for hydroxylation is 1. The Hall–Kier alpha value is -2.71. The molecule has 0 spiro atoms. The molecule has 0 atom stereocenters. The molecule has 6 aliphatic rings. The maximum atomic E-state index is 12.7. The molecule has 0 aromatic carbocycles. The lowest BCUT2D eigenvalue weighted by atomic mass is 9.97. The van der Waals surface area contributed by atoms with E-state index in [2.05, 4.69) is 45.4 Å². The summed E-state index contributed by atoms with van der Waals surface area (Å²) in [6.07, 6.45) is 19.3. The first kappa shape index (κ1) is 54.9. The van der Waals surface area contributed by atoms with Gasteiger partial charge in [0.1, 0.15) is 17.2 Å². The van der Waals surface area contributed by atoms with Crippen molar-refractivity contribution in [2.45, 2.75) is 117 Å². The molecule has 0 unspecified atom stereocenters. The van der Waals surface area contributed by atoms with Crippen LogP contribution in [0.25, 0.3) is 0 Å². The number of halogens is 3. The van der Waals surface area contributed by atoms with Crippen LogP contribution in [0.4, 0.5) is 0 Å². The monoisotopic (exact) mass is 961 g/mol. The molecule has 364 valence electrons. The van der Waals surface area contributed by atoms with Crippen molar-refractivity contribution >= 4 is 57.6 Å². The minimum atomic E-state index is -0.137. The number of Topliss-reactive ketones (excluding diaryl/α,β-unsaturated/α-hetero) is 1. The van der Waals surface area contributed by atoms with Gasteiger partial charge in [0.25, 0.3) is 11.8 Å². The number of pyridine rings is 2. The highest BCUT2D eigenvalue weighted by atomic mass is 35.5. The molecule has 2 saturated heterocycles. The van der Waals surface area contributed by atoms with E-state index in [0.717, 1.165) is 107 Å². The van der Waals surface area contributed by atoms with Crippen LogP contribution in [0.15, 0.2) is 36.7 Å². The Morgan fingerprint density at radius 1 is 0.615 bits per heavy atom. The molecule has 0 bridgehead atoms. The summed E-state index contributed by atoms with van der Waals surface area (Å²) in [5, 5.41) is 0.0579. The maximum Gasteiger partial charge on any atom is 0.272 e. The van der Waals surface area contributed by atoms with E-state index < -0.39 is 0 Å². The highest BCUT2D eigenvalue weighted by Gasteiger charge is 2.30. The topological polar surface area (TPSA) is 136 Å². The highest BCUT2D eigenvalue weighted by Crippen LogP contribution is 2.31. The Morgan fingerprint density at radius 2 is 1.02 bits per heavy atom. The zero-order valence-electron chi connectivity index (χ0n) is 39.8. The zero-order chi connectivity index (χ0) is 47.0. The molecule has 15 heteroatoms. The number of carbonyl (C=O) groups excluding carboxylic acids is 4. The van der Waals surface area contributed by atoms with E-state index in [9.17, 15) is 19.2 Å². The number of nitrogens with two attached hydrogens (primary N) is 1. The van der Waals surface area contributed by atoms with Gasteiger partial charge in [-0.05, 0) is 124 Å². The van der Waals surface area contributed by atoms with Gasteiger partial charge in [0.05, 0.1) is 5.34 Å². The summed E-state index contributed by atoms with van der Waals surface area (Å²) >= 11 is 14.8. The number of carbonyl (C=O) groups is 4. The first-order chi connectivity index (χ1) is 31.5. The van der Waals surface area contributed by atoms with Gasteiger partial charge < -0.3 is 20.4 Å². The fraction of sp³-hybridized carbons (Fsp3) is 0.720. The smallest absolute Gasteiger partial charge is 0.272 e. The van der Waals surface area contributed by atoms with Crippen LogP contribution in [0.1, 0.15) is 136 Å². The second kappa shape index (κ2) is 30.6.